The van der Waals surface area contributed by atoms with Gasteiger partial charge in [0.25, 0.3) is 5.91 Å². The number of nitrogens with one attached hydrogen (secondary N) is 1. The fraction of sp³-hybridized carbons (Fsp3) is 0.188. The number of fused-ring (bicyclic) bond motifs is 1. The Bertz CT molecular complexity index is 642. The van der Waals surface area contributed by atoms with Crippen molar-refractivity contribution >= 4 is 11.6 Å². The summed E-state index contributed by atoms with van der Waals surface area (Å²) in [5.74, 6) is -0.584. The van der Waals surface area contributed by atoms with E-state index >= 15 is 0 Å². The molecular weight excluding hydrogens is 257 g/mol. The third kappa shape index (κ3) is 2.50. The van der Waals surface area contributed by atoms with E-state index < -0.39 is 11.9 Å². The van der Waals surface area contributed by atoms with Gasteiger partial charge in [-0.2, -0.15) is 0 Å². The maximum atomic E-state index is 13.6. The van der Waals surface area contributed by atoms with Crippen molar-refractivity contribution in [2.45, 2.75) is 18.9 Å². The second kappa shape index (κ2) is 5.33. The van der Waals surface area contributed by atoms with Gasteiger partial charge in [-0.05, 0) is 36.6 Å². The van der Waals surface area contributed by atoms with Crippen LogP contribution in [0.3, 0.4) is 0 Å². The Morgan fingerprint density at radius 1 is 1.10 bits per heavy atom. The Morgan fingerprint density at radius 2 is 1.85 bits per heavy atom. The summed E-state index contributed by atoms with van der Waals surface area (Å²) in [5.41, 5.74) is 1.87. The van der Waals surface area contributed by atoms with Gasteiger partial charge < -0.3 is 10.1 Å². The fourth-order valence-corrected chi connectivity index (χ4v) is 2.30. The number of amides is 1. The Kier molecular flexibility index (Phi) is 3.37. The van der Waals surface area contributed by atoms with Crippen molar-refractivity contribution in [1.82, 2.24) is 0 Å². The lowest BCUT2D eigenvalue weighted by Gasteiger charge is -2.16. The van der Waals surface area contributed by atoms with E-state index in [0.717, 1.165) is 11.3 Å². The number of rotatable bonds is 2. The molecule has 1 atom stereocenters. The quantitative estimate of drug-likeness (QED) is 0.911. The average Bonchev–Trinajstić information content (AvgIpc) is 2.61. The molecule has 1 N–H and O–H groups in total. The first-order chi connectivity index (χ1) is 9.74. The number of benzene rings is 2. The monoisotopic (exact) mass is 271 g/mol. The van der Waals surface area contributed by atoms with Gasteiger partial charge in [0, 0.05) is 5.69 Å². The maximum absolute atomic E-state index is 13.6. The SMILES string of the molecule is O=C1Nc2ccccc2CCC1Oc1ccccc1F. The first kappa shape index (κ1) is 12.7. The Hall–Kier alpha value is -2.36. The van der Waals surface area contributed by atoms with E-state index in [0.29, 0.717) is 12.8 Å². The van der Waals surface area contributed by atoms with E-state index in [2.05, 4.69) is 5.32 Å². The van der Waals surface area contributed by atoms with E-state index in [1.807, 2.05) is 24.3 Å². The van der Waals surface area contributed by atoms with Crippen molar-refractivity contribution in [3.63, 3.8) is 0 Å². The zero-order valence-corrected chi connectivity index (χ0v) is 10.8. The van der Waals surface area contributed by atoms with E-state index in [4.69, 9.17) is 4.74 Å². The van der Waals surface area contributed by atoms with Crippen molar-refractivity contribution in [1.29, 1.82) is 0 Å². The number of aryl methyl sites for hydroxylation is 1. The summed E-state index contributed by atoms with van der Waals surface area (Å²) in [6.45, 7) is 0. The first-order valence-electron chi connectivity index (χ1n) is 6.54. The van der Waals surface area contributed by atoms with Crippen molar-refractivity contribution in [3.8, 4) is 5.75 Å². The van der Waals surface area contributed by atoms with Crippen LogP contribution in [-0.4, -0.2) is 12.0 Å². The molecule has 0 aliphatic carbocycles. The third-order valence-corrected chi connectivity index (χ3v) is 3.35. The normalized spacial score (nSPS) is 17.9. The summed E-state index contributed by atoms with van der Waals surface area (Å²) in [5, 5.41) is 2.83. The van der Waals surface area contributed by atoms with Crippen LogP contribution in [0.25, 0.3) is 0 Å². The number of anilines is 1. The lowest BCUT2D eigenvalue weighted by molar-refractivity contribution is -0.122. The number of para-hydroxylation sites is 2. The van der Waals surface area contributed by atoms with Crippen molar-refractivity contribution in [3.05, 3.63) is 59.9 Å². The Morgan fingerprint density at radius 3 is 2.70 bits per heavy atom. The van der Waals surface area contributed by atoms with Gasteiger partial charge in [-0.3, -0.25) is 4.79 Å². The molecule has 0 spiro atoms. The lowest BCUT2D eigenvalue weighted by atomic mass is 10.1. The van der Waals surface area contributed by atoms with Crippen molar-refractivity contribution in [2.24, 2.45) is 0 Å². The van der Waals surface area contributed by atoms with Crippen LogP contribution in [0.2, 0.25) is 0 Å². The van der Waals surface area contributed by atoms with E-state index in [-0.39, 0.29) is 11.7 Å². The molecular formula is C16H14FNO2. The molecule has 0 bridgehead atoms. The molecule has 0 saturated carbocycles. The highest BCUT2D eigenvalue weighted by Gasteiger charge is 2.25. The molecule has 2 aromatic carbocycles. The molecule has 0 aromatic heterocycles. The predicted molar refractivity (Wildman–Crippen MR) is 74.2 cm³/mol. The van der Waals surface area contributed by atoms with Gasteiger partial charge in [-0.1, -0.05) is 30.3 Å². The standard InChI is InChI=1S/C16H14FNO2/c17-12-6-2-4-8-14(12)20-15-10-9-11-5-1-3-7-13(11)18-16(15)19/h1-8,15H,9-10H2,(H,18,19). The summed E-state index contributed by atoms with van der Waals surface area (Å²) in [6.07, 6.45) is 0.560. The van der Waals surface area contributed by atoms with Gasteiger partial charge in [0.2, 0.25) is 0 Å². The fourth-order valence-electron chi connectivity index (χ4n) is 2.30. The second-order valence-corrected chi connectivity index (χ2v) is 4.72. The van der Waals surface area contributed by atoms with Crippen LogP contribution < -0.4 is 10.1 Å². The molecule has 1 aliphatic heterocycles. The van der Waals surface area contributed by atoms with E-state index in [9.17, 15) is 9.18 Å². The predicted octanol–water partition coefficient (Wildman–Crippen LogP) is 3.16. The van der Waals surface area contributed by atoms with E-state index in [1.54, 1.807) is 12.1 Å². The van der Waals surface area contributed by atoms with Gasteiger partial charge in [0.1, 0.15) is 0 Å². The van der Waals surface area contributed by atoms with Gasteiger partial charge >= 0.3 is 0 Å². The summed E-state index contributed by atoms with van der Waals surface area (Å²) in [4.78, 5) is 12.1. The van der Waals surface area contributed by atoms with Crippen LogP contribution >= 0.6 is 0 Å². The number of halogens is 1. The number of ether oxygens (including phenoxy) is 1. The molecule has 0 radical (unpaired) electrons. The minimum atomic E-state index is -0.681. The number of hydrogen-bond acceptors (Lipinski definition) is 2. The molecule has 1 unspecified atom stereocenters. The van der Waals surface area contributed by atoms with Crippen LogP contribution in [0.15, 0.2) is 48.5 Å². The molecule has 1 heterocycles. The minimum Gasteiger partial charge on any atom is -0.478 e. The van der Waals surface area contributed by atoms with Gasteiger partial charge in [-0.15, -0.1) is 0 Å². The summed E-state index contributed by atoms with van der Waals surface area (Å²) < 4.78 is 19.1. The molecule has 20 heavy (non-hydrogen) atoms. The zero-order chi connectivity index (χ0) is 13.9. The van der Waals surface area contributed by atoms with Crippen LogP contribution in [-0.2, 0) is 11.2 Å². The molecule has 3 rings (SSSR count). The van der Waals surface area contributed by atoms with Gasteiger partial charge in [0.15, 0.2) is 17.7 Å². The Balaban J connectivity index is 1.80. The number of hydrogen-bond donors (Lipinski definition) is 1. The summed E-state index contributed by atoms with van der Waals surface area (Å²) in [7, 11) is 0. The molecule has 2 aromatic rings. The molecule has 3 nitrogen and oxygen atoms in total. The average molecular weight is 271 g/mol. The summed E-state index contributed by atoms with van der Waals surface area (Å²) in [6, 6.07) is 13.8. The lowest BCUT2D eigenvalue weighted by Crippen LogP contribution is -2.32. The first-order valence-corrected chi connectivity index (χ1v) is 6.54. The zero-order valence-electron chi connectivity index (χ0n) is 10.8. The molecule has 1 amide bonds. The number of carbonyl (C=O) groups excluding carboxylic acids is 1. The minimum absolute atomic E-state index is 0.110. The highest BCUT2D eigenvalue weighted by Crippen LogP contribution is 2.25. The smallest absolute Gasteiger partial charge is 0.265 e. The molecule has 0 fully saturated rings. The van der Waals surface area contributed by atoms with Crippen molar-refractivity contribution in [2.75, 3.05) is 5.32 Å². The van der Waals surface area contributed by atoms with Gasteiger partial charge in [0.05, 0.1) is 0 Å². The largest absolute Gasteiger partial charge is 0.478 e. The molecule has 102 valence electrons. The highest BCUT2D eigenvalue weighted by molar-refractivity contribution is 5.95. The maximum Gasteiger partial charge on any atom is 0.265 e. The molecule has 0 saturated heterocycles. The van der Waals surface area contributed by atoms with Crippen LogP contribution in [0.4, 0.5) is 10.1 Å². The third-order valence-electron chi connectivity index (χ3n) is 3.35. The molecule has 1 aliphatic rings. The van der Waals surface area contributed by atoms with Crippen molar-refractivity contribution < 1.29 is 13.9 Å². The topological polar surface area (TPSA) is 38.3 Å². The summed E-state index contributed by atoms with van der Waals surface area (Å²) >= 11 is 0. The second-order valence-electron chi connectivity index (χ2n) is 4.72. The van der Waals surface area contributed by atoms with E-state index in [1.165, 1.54) is 12.1 Å². The highest BCUT2D eigenvalue weighted by atomic mass is 19.1. The van der Waals surface area contributed by atoms with Gasteiger partial charge in [-0.25, -0.2) is 4.39 Å². The van der Waals surface area contributed by atoms with Crippen LogP contribution in [0.1, 0.15) is 12.0 Å². The molecule has 4 heteroatoms. The van der Waals surface area contributed by atoms with Crippen LogP contribution in [0, 0.1) is 5.82 Å². The van der Waals surface area contributed by atoms with Crippen LogP contribution in [0.5, 0.6) is 5.75 Å². The number of carbonyl (C=O) groups is 1. The Labute approximate surface area is 116 Å².